The highest BCUT2D eigenvalue weighted by Gasteiger charge is 2.37. The van der Waals surface area contributed by atoms with Crippen molar-refractivity contribution in [1.82, 2.24) is 4.90 Å². The van der Waals surface area contributed by atoms with E-state index < -0.39 is 30.0 Å². The molecular weight excluding hydrogens is 426 g/mol. The van der Waals surface area contributed by atoms with E-state index in [1.54, 1.807) is 6.92 Å². The Morgan fingerprint density at radius 3 is 1.90 bits per heavy atom. The van der Waals surface area contributed by atoms with Gasteiger partial charge in [0.1, 0.15) is 0 Å². The van der Waals surface area contributed by atoms with Crippen LogP contribution in [0.1, 0.15) is 23.6 Å². The van der Waals surface area contributed by atoms with Crippen LogP contribution in [0.2, 0.25) is 0 Å². The quantitative estimate of drug-likeness (QED) is 0.121. The summed E-state index contributed by atoms with van der Waals surface area (Å²) in [5, 5.41) is 10.3. The van der Waals surface area contributed by atoms with Crippen molar-refractivity contribution < 1.29 is 26.3 Å². The summed E-state index contributed by atoms with van der Waals surface area (Å²) >= 11 is 0. The van der Waals surface area contributed by atoms with Crippen LogP contribution in [0.15, 0.2) is 70.7 Å². The Hall–Kier alpha value is -3.31. The molecule has 172 valence electrons. The van der Waals surface area contributed by atoms with Crippen molar-refractivity contribution in [3.05, 3.63) is 72.0 Å². The number of allylic oxidation sites excluding steroid dienone is 1. The van der Waals surface area contributed by atoms with Gasteiger partial charge in [0.15, 0.2) is 0 Å². The van der Waals surface area contributed by atoms with Crippen LogP contribution < -0.4 is 11.5 Å². The van der Waals surface area contributed by atoms with Gasteiger partial charge < -0.3 is 16.4 Å². The van der Waals surface area contributed by atoms with Crippen LogP contribution >= 0.6 is 0 Å². The summed E-state index contributed by atoms with van der Waals surface area (Å²) in [6.45, 7) is 10.7. The lowest BCUT2D eigenvalue weighted by molar-refractivity contribution is -0.143. The first-order valence-electron chi connectivity index (χ1n) is 8.51. The first-order valence-corrected chi connectivity index (χ1v) is 8.51. The van der Waals surface area contributed by atoms with E-state index in [1.807, 2.05) is 0 Å². The molecule has 6 nitrogen and oxygen atoms in total. The van der Waals surface area contributed by atoms with E-state index in [2.05, 4.69) is 35.2 Å². The normalized spacial score (nSPS) is 13.0. The lowest BCUT2D eigenvalue weighted by Crippen LogP contribution is -2.38. The Morgan fingerprint density at radius 2 is 1.52 bits per heavy atom. The second-order valence-corrected chi connectivity index (χ2v) is 6.08. The van der Waals surface area contributed by atoms with Gasteiger partial charge in [-0.05, 0) is 42.0 Å². The second-order valence-electron chi connectivity index (χ2n) is 6.08. The second kappa shape index (κ2) is 11.8. The fourth-order valence-corrected chi connectivity index (χ4v) is 2.37. The first kappa shape index (κ1) is 27.7. The third kappa shape index (κ3) is 9.83. The van der Waals surface area contributed by atoms with Crippen LogP contribution in [0.25, 0.3) is 0 Å². The number of hydrogen-bond donors (Lipinski definition) is 2. The smallest absolute Gasteiger partial charge is 0.399 e. The zero-order valence-corrected chi connectivity index (χ0v) is 17.1. The minimum Gasteiger partial charge on any atom is -0.399 e. The van der Waals surface area contributed by atoms with Crippen molar-refractivity contribution in [1.29, 1.82) is 0 Å². The van der Waals surface area contributed by atoms with Crippen molar-refractivity contribution in [3.63, 3.8) is 0 Å². The number of alkyl halides is 6. The molecule has 1 aromatic rings. The van der Waals surface area contributed by atoms with Gasteiger partial charge in [-0.15, -0.1) is 13.2 Å². The number of nitrogens with zero attached hydrogens (tertiary/aromatic N) is 4. The summed E-state index contributed by atoms with van der Waals surface area (Å²) in [6.07, 6.45) is -8.43. The monoisotopic (exact) mass is 450 g/mol. The van der Waals surface area contributed by atoms with E-state index in [-0.39, 0.29) is 29.8 Å². The lowest BCUT2D eigenvalue weighted by Gasteiger charge is -2.24. The zero-order chi connectivity index (χ0) is 24.4. The first-order chi connectivity index (χ1) is 14.2. The lowest BCUT2D eigenvalue weighted by atomic mass is 10.0. The van der Waals surface area contributed by atoms with Gasteiger partial charge in [0.25, 0.3) is 0 Å². The van der Waals surface area contributed by atoms with Crippen LogP contribution in [0.4, 0.5) is 26.3 Å². The molecule has 0 heterocycles. The maximum Gasteiger partial charge on any atom is 0.416 e. The summed E-state index contributed by atoms with van der Waals surface area (Å²) < 4.78 is 78.4. The maximum absolute atomic E-state index is 13.1. The van der Waals surface area contributed by atoms with E-state index in [1.165, 1.54) is 18.0 Å². The zero-order valence-electron chi connectivity index (χ0n) is 17.1. The van der Waals surface area contributed by atoms with Gasteiger partial charge in [-0.3, -0.25) is 0 Å². The highest BCUT2D eigenvalue weighted by molar-refractivity contribution is 5.78. The van der Waals surface area contributed by atoms with Crippen molar-refractivity contribution in [2.75, 3.05) is 13.6 Å². The molecule has 0 atom stereocenters. The van der Waals surface area contributed by atoms with Crippen LogP contribution in [0.3, 0.4) is 0 Å². The highest BCUT2D eigenvalue weighted by Crippen LogP contribution is 2.36. The SMILES string of the molecule is C=C.C=C(N)/C=C(\C)CN(Cc1cc(C(F)(F)F)cc(C(F)(F)F)c1)/C(N)=N/N=NC. The van der Waals surface area contributed by atoms with E-state index in [9.17, 15) is 26.3 Å². The van der Waals surface area contributed by atoms with Crippen molar-refractivity contribution >= 4 is 5.96 Å². The van der Waals surface area contributed by atoms with Gasteiger partial charge >= 0.3 is 12.4 Å². The average molecular weight is 450 g/mol. The molecule has 0 saturated carbocycles. The molecule has 12 heteroatoms. The van der Waals surface area contributed by atoms with Crippen LogP contribution in [0.5, 0.6) is 0 Å². The molecule has 0 aliphatic rings. The van der Waals surface area contributed by atoms with Crippen molar-refractivity contribution in [2.24, 2.45) is 26.9 Å². The molecule has 31 heavy (non-hydrogen) atoms. The molecule has 0 spiro atoms. The fourth-order valence-electron chi connectivity index (χ4n) is 2.37. The Balaban J connectivity index is 0.00000436. The minimum absolute atomic E-state index is 0.00237. The third-order valence-corrected chi connectivity index (χ3v) is 3.45. The van der Waals surface area contributed by atoms with E-state index >= 15 is 0 Å². The molecule has 0 aromatic heterocycles. The summed E-state index contributed by atoms with van der Waals surface area (Å²) in [6, 6.07) is 1.30. The molecular formula is C19H24F6N6. The van der Waals surface area contributed by atoms with E-state index in [0.29, 0.717) is 17.7 Å². The van der Waals surface area contributed by atoms with Crippen LogP contribution in [0, 0.1) is 0 Å². The molecule has 0 bridgehead atoms. The van der Waals surface area contributed by atoms with E-state index in [0.717, 1.165) is 0 Å². The Bertz CT molecular complexity index is 807. The molecule has 0 aliphatic heterocycles. The number of hydrogen-bond acceptors (Lipinski definition) is 3. The molecule has 0 amide bonds. The highest BCUT2D eigenvalue weighted by atomic mass is 19.4. The molecule has 1 aromatic carbocycles. The summed E-state index contributed by atoms with van der Waals surface area (Å²) in [4.78, 5) is 1.24. The van der Waals surface area contributed by atoms with Crippen LogP contribution in [-0.2, 0) is 18.9 Å². The number of halogens is 6. The Kier molecular flexibility index (Phi) is 10.5. The van der Waals surface area contributed by atoms with Crippen molar-refractivity contribution in [3.8, 4) is 0 Å². The molecule has 0 fully saturated rings. The number of guanidine groups is 1. The molecule has 4 N–H and O–H groups in total. The molecule has 1 rings (SSSR count). The van der Waals surface area contributed by atoms with Crippen LogP contribution in [-0.4, -0.2) is 24.5 Å². The van der Waals surface area contributed by atoms with Gasteiger partial charge in [0.05, 0.1) is 18.2 Å². The van der Waals surface area contributed by atoms with E-state index in [4.69, 9.17) is 11.5 Å². The van der Waals surface area contributed by atoms with Gasteiger partial charge in [-0.1, -0.05) is 17.3 Å². The third-order valence-electron chi connectivity index (χ3n) is 3.45. The summed E-state index contributed by atoms with van der Waals surface area (Å²) in [5.74, 6) is -0.253. The minimum atomic E-state index is -4.95. The van der Waals surface area contributed by atoms with Gasteiger partial charge in [0, 0.05) is 18.8 Å². The number of nitrogens with two attached hydrogens (primary N) is 2. The predicted octanol–water partition coefficient (Wildman–Crippen LogP) is 5.06. The topological polar surface area (TPSA) is 92.4 Å². The average Bonchev–Trinajstić information content (AvgIpc) is 2.65. The number of rotatable bonds is 6. The molecule has 0 unspecified atom stereocenters. The van der Waals surface area contributed by atoms with Gasteiger partial charge in [0.2, 0.25) is 5.96 Å². The van der Waals surface area contributed by atoms with Gasteiger partial charge in [-0.2, -0.15) is 31.5 Å². The standard InChI is InChI=1S/C17H20F6N6.C2H4/c1-10(4-11(2)24)8-29(15(25)27-28-26-3)9-12-5-13(16(18,19)20)7-14(6-12)17(21,22)23;1-2/h4-7H,2,8-9,24H2,1,3H3,(H2,25,26,27);1-2H2/b10-4+;. The Labute approximate surface area is 176 Å². The number of benzene rings is 1. The van der Waals surface area contributed by atoms with Crippen molar-refractivity contribution in [2.45, 2.75) is 25.8 Å². The summed E-state index contributed by atoms with van der Waals surface area (Å²) in [7, 11) is 1.31. The van der Waals surface area contributed by atoms with Gasteiger partial charge in [-0.25, -0.2) is 0 Å². The largest absolute Gasteiger partial charge is 0.416 e. The molecule has 0 aliphatic carbocycles. The fraction of sp³-hybridized carbons (Fsp3) is 0.316. The summed E-state index contributed by atoms with van der Waals surface area (Å²) in [5.41, 5.74) is 8.95. The predicted molar refractivity (Wildman–Crippen MR) is 108 cm³/mol. The Morgan fingerprint density at radius 1 is 1.03 bits per heavy atom. The molecule has 0 saturated heterocycles. The molecule has 0 radical (unpaired) electrons. The maximum atomic E-state index is 13.1.